The number of carbonyl (C=O) groups excluding carboxylic acids is 3. The van der Waals surface area contributed by atoms with E-state index in [4.69, 9.17) is 13.9 Å². The first-order chi connectivity index (χ1) is 15.6. The summed E-state index contributed by atoms with van der Waals surface area (Å²) in [5, 5.41) is 6.11. The van der Waals surface area contributed by atoms with Crippen molar-refractivity contribution in [1.29, 1.82) is 0 Å². The highest BCUT2D eigenvalue weighted by Gasteiger charge is 2.25. The molecule has 0 radical (unpaired) electrons. The molecule has 1 atom stereocenters. The van der Waals surface area contributed by atoms with Crippen LogP contribution in [0.2, 0.25) is 0 Å². The molecular weight excluding hydrogens is 424 g/mol. The van der Waals surface area contributed by atoms with Crippen molar-refractivity contribution < 1.29 is 28.3 Å². The maximum Gasteiger partial charge on any atom is 0.408 e. The van der Waals surface area contributed by atoms with Gasteiger partial charge in [0.1, 0.15) is 17.2 Å². The predicted molar refractivity (Wildman–Crippen MR) is 124 cm³/mol. The van der Waals surface area contributed by atoms with Crippen molar-refractivity contribution in [3.05, 3.63) is 65.9 Å². The number of nitrogens with one attached hydrogen (secondary N) is 2. The van der Waals surface area contributed by atoms with E-state index in [1.165, 1.54) is 0 Å². The predicted octanol–water partition coefficient (Wildman–Crippen LogP) is 4.68. The third-order valence-electron chi connectivity index (χ3n) is 4.55. The van der Waals surface area contributed by atoms with Gasteiger partial charge in [0, 0.05) is 17.5 Å². The van der Waals surface area contributed by atoms with E-state index in [9.17, 15) is 14.4 Å². The van der Waals surface area contributed by atoms with Crippen LogP contribution in [0.1, 0.15) is 43.8 Å². The van der Waals surface area contributed by atoms with Crippen molar-refractivity contribution in [2.45, 2.75) is 45.8 Å². The van der Waals surface area contributed by atoms with E-state index >= 15 is 0 Å². The summed E-state index contributed by atoms with van der Waals surface area (Å²) in [6.45, 7) is 7.21. The summed E-state index contributed by atoms with van der Waals surface area (Å²) in [5.74, 6) is -0.870. The molecule has 0 aliphatic carbocycles. The van der Waals surface area contributed by atoms with Crippen LogP contribution >= 0.6 is 0 Å². The highest BCUT2D eigenvalue weighted by molar-refractivity contribution is 5.99. The Hall–Kier alpha value is -3.81. The lowest BCUT2D eigenvalue weighted by atomic mass is 10.1. The smallest absolute Gasteiger partial charge is 0.408 e. The number of hydrogen-bond acceptors (Lipinski definition) is 6. The summed E-state index contributed by atoms with van der Waals surface area (Å²) in [4.78, 5) is 37.3. The molecular formula is C25H28N2O6. The number of amides is 2. The Labute approximate surface area is 192 Å². The molecule has 0 unspecified atom stereocenters. The molecule has 2 aromatic carbocycles. The minimum atomic E-state index is -0.864. The van der Waals surface area contributed by atoms with Gasteiger partial charge < -0.3 is 24.5 Å². The van der Waals surface area contributed by atoms with Crippen molar-refractivity contribution in [1.82, 2.24) is 5.32 Å². The lowest BCUT2D eigenvalue weighted by Gasteiger charge is -2.23. The highest BCUT2D eigenvalue weighted by atomic mass is 16.6. The van der Waals surface area contributed by atoms with Gasteiger partial charge in [-0.25, -0.2) is 9.59 Å². The second kappa shape index (κ2) is 10.2. The second-order valence-corrected chi connectivity index (χ2v) is 8.46. The van der Waals surface area contributed by atoms with Gasteiger partial charge in [-0.2, -0.15) is 0 Å². The largest absolute Gasteiger partial charge is 0.460 e. The molecule has 3 aromatic rings. The van der Waals surface area contributed by atoms with E-state index in [2.05, 4.69) is 10.6 Å². The summed E-state index contributed by atoms with van der Waals surface area (Å²) in [6, 6.07) is 15.1. The molecule has 0 saturated heterocycles. The molecule has 0 aliphatic heterocycles. The molecule has 0 bridgehead atoms. The van der Waals surface area contributed by atoms with E-state index < -0.39 is 29.6 Å². The standard InChI is InChI=1S/C25H28N2O6/c1-5-31-23(29)21-15-17-14-18(11-12-20(17)32-21)26-22(28)19(13-16-9-7-6-8-10-16)27-24(30)33-25(2,3)4/h6-12,14-15,19H,5,13H2,1-4H3,(H,26,28)(H,27,30)/t19-/m0/s1. The lowest BCUT2D eigenvalue weighted by Crippen LogP contribution is -2.47. The number of fused-ring (bicyclic) bond motifs is 1. The zero-order chi connectivity index (χ0) is 24.0. The van der Waals surface area contributed by atoms with Gasteiger partial charge in [0.05, 0.1) is 6.61 Å². The third-order valence-corrected chi connectivity index (χ3v) is 4.55. The quantitative estimate of drug-likeness (QED) is 0.504. The number of furan rings is 1. The number of rotatable bonds is 7. The van der Waals surface area contributed by atoms with E-state index in [-0.39, 0.29) is 18.8 Å². The molecule has 8 heteroatoms. The minimum absolute atomic E-state index is 0.0869. The maximum atomic E-state index is 13.1. The summed E-state index contributed by atoms with van der Waals surface area (Å²) >= 11 is 0. The summed E-state index contributed by atoms with van der Waals surface area (Å²) in [7, 11) is 0. The van der Waals surface area contributed by atoms with E-state index in [1.54, 1.807) is 52.0 Å². The van der Waals surface area contributed by atoms with Gasteiger partial charge in [-0.15, -0.1) is 0 Å². The maximum absolute atomic E-state index is 13.1. The molecule has 8 nitrogen and oxygen atoms in total. The average Bonchev–Trinajstić information content (AvgIpc) is 3.16. The van der Waals surface area contributed by atoms with Crippen LogP contribution < -0.4 is 10.6 Å². The fourth-order valence-electron chi connectivity index (χ4n) is 3.16. The summed E-state index contributed by atoms with van der Waals surface area (Å²) in [5.41, 5.74) is 1.18. The topological polar surface area (TPSA) is 107 Å². The first kappa shape index (κ1) is 23.8. The van der Waals surface area contributed by atoms with Gasteiger partial charge in [-0.1, -0.05) is 30.3 Å². The number of hydrogen-bond donors (Lipinski definition) is 2. The van der Waals surface area contributed by atoms with Gasteiger partial charge in [-0.3, -0.25) is 4.79 Å². The fourth-order valence-corrected chi connectivity index (χ4v) is 3.16. The van der Waals surface area contributed by atoms with Crippen molar-refractivity contribution in [3.63, 3.8) is 0 Å². The van der Waals surface area contributed by atoms with E-state index in [0.29, 0.717) is 16.7 Å². The number of ether oxygens (including phenoxy) is 2. The SMILES string of the molecule is CCOC(=O)c1cc2cc(NC(=O)[C@H](Cc3ccccc3)NC(=O)OC(C)(C)C)ccc2o1. The molecule has 174 valence electrons. The molecule has 1 aromatic heterocycles. The van der Waals surface area contributed by atoms with Crippen LogP contribution in [0, 0.1) is 0 Å². The summed E-state index contributed by atoms with van der Waals surface area (Å²) in [6.07, 6.45) is -0.393. The van der Waals surface area contributed by atoms with Crippen LogP contribution in [-0.4, -0.2) is 36.2 Å². The number of benzene rings is 2. The number of alkyl carbamates (subject to hydrolysis) is 1. The van der Waals surface area contributed by atoms with Crippen LogP contribution in [0.5, 0.6) is 0 Å². The Kier molecular flexibility index (Phi) is 7.37. The Bertz CT molecular complexity index is 1130. The average molecular weight is 453 g/mol. The van der Waals surface area contributed by atoms with Gasteiger partial charge in [-0.05, 0) is 57.5 Å². The zero-order valence-electron chi connectivity index (χ0n) is 19.1. The van der Waals surface area contributed by atoms with Gasteiger partial charge >= 0.3 is 12.1 Å². The van der Waals surface area contributed by atoms with Crippen LogP contribution in [0.3, 0.4) is 0 Å². The Balaban J connectivity index is 1.77. The first-order valence-corrected chi connectivity index (χ1v) is 10.7. The van der Waals surface area contributed by atoms with Crippen LogP contribution in [0.4, 0.5) is 10.5 Å². The Morgan fingerprint density at radius 1 is 1.03 bits per heavy atom. The Morgan fingerprint density at radius 2 is 1.76 bits per heavy atom. The number of carbonyl (C=O) groups is 3. The Morgan fingerprint density at radius 3 is 2.42 bits per heavy atom. The van der Waals surface area contributed by atoms with Crippen molar-refractivity contribution in [3.8, 4) is 0 Å². The molecule has 0 spiro atoms. The number of esters is 1. The molecule has 1 heterocycles. The fraction of sp³-hybridized carbons (Fsp3) is 0.320. The van der Waals surface area contributed by atoms with Crippen molar-refractivity contribution >= 4 is 34.6 Å². The molecule has 3 rings (SSSR count). The molecule has 33 heavy (non-hydrogen) atoms. The monoisotopic (exact) mass is 452 g/mol. The molecule has 0 saturated carbocycles. The van der Waals surface area contributed by atoms with Crippen LogP contribution in [0.25, 0.3) is 11.0 Å². The first-order valence-electron chi connectivity index (χ1n) is 10.7. The third kappa shape index (κ3) is 6.83. The van der Waals surface area contributed by atoms with Gasteiger partial charge in [0.2, 0.25) is 11.7 Å². The normalized spacial score (nSPS) is 12.1. The van der Waals surface area contributed by atoms with Gasteiger partial charge in [0.15, 0.2) is 0 Å². The lowest BCUT2D eigenvalue weighted by molar-refractivity contribution is -0.118. The second-order valence-electron chi connectivity index (χ2n) is 8.46. The molecule has 0 fully saturated rings. The van der Waals surface area contributed by atoms with Crippen LogP contribution in [0.15, 0.2) is 59.0 Å². The van der Waals surface area contributed by atoms with Crippen molar-refractivity contribution in [2.24, 2.45) is 0 Å². The van der Waals surface area contributed by atoms with Gasteiger partial charge in [0.25, 0.3) is 0 Å². The minimum Gasteiger partial charge on any atom is -0.460 e. The van der Waals surface area contributed by atoms with Crippen molar-refractivity contribution in [2.75, 3.05) is 11.9 Å². The zero-order valence-corrected chi connectivity index (χ0v) is 19.1. The van der Waals surface area contributed by atoms with Crippen LogP contribution in [-0.2, 0) is 20.7 Å². The van der Waals surface area contributed by atoms with E-state index in [0.717, 1.165) is 5.56 Å². The highest BCUT2D eigenvalue weighted by Crippen LogP contribution is 2.24. The summed E-state index contributed by atoms with van der Waals surface area (Å²) < 4.78 is 15.8. The molecule has 2 amide bonds. The molecule has 0 aliphatic rings. The molecule has 2 N–H and O–H groups in total. The van der Waals surface area contributed by atoms with E-state index in [1.807, 2.05) is 30.3 Å². The number of anilines is 1.